The SMILES string of the molecule is CC1CC(C(N)=O)(c2ccc3c(c2)C(=O)NC3=O)OC1(C)C(F)(F)F. The molecule has 0 aromatic heterocycles. The van der Waals surface area contributed by atoms with E-state index in [-0.39, 0.29) is 23.1 Å². The maximum absolute atomic E-state index is 13.5. The van der Waals surface area contributed by atoms with E-state index in [9.17, 15) is 27.6 Å². The summed E-state index contributed by atoms with van der Waals surface area (Å²) in [5.41, 5.74) is 0.863. The molecule has 9 heteroatoms. The normalized spacial score (nSPS) is 31.8. The first-order valence-electron chi connectivity index (χ1n) is 7.49. The number of hydrogen-bond acceptors (Lipinski definition) is 4. The van der Waals surface area contributed by atoms with E-state index in [4.69, 9.17) is 10.5 Å². The van der Waals surface area contributed by atoms with Gasteiger partial charge < -0.3 is 10.5 Å². The Labute approximate surface area is 140 Å². The zero-order valence-electron chi connectivity index (χ0n) is 13.4. The number of amides is 3. The molecule has 2 heterocycles. The number of carbonyl (C=O) groups excluding carboxylic acids is 3. The molecule has 0 bridgehead atoms. The van der Waals surface area contributed by atoms with Gasteiger partial charge in [-0.3, -0.25) is 19.7 Å². The van der Waals surface area contributed by atoms with Crippen LogP contribution in [0.25, 0.3) is 0 Å². The summed E-state index contributed by atoms with van der Waals surface area (Å²) in [7, 11) is 0. The molecule has 0 aliphatic carbocycles. The highest BCUT2D eigenvalue weighted by Gasteiger charge is 2.66. The molecule has 1 aromatic carbocycles. The van der Waals surface area contributed by atoms with E-state index in [0.29, 0.717) is 0 Å². The average Bonchev–Trinajstić information content (AvgIpc) is 2.95. The van der Waals surface area contributed by atoms with Crippen LogP contribution in [0.5, 0.6) is 0 Å². The van der Waals surface area contributed by atoms with Gasteiger partial charge in [-0.05, 0) is 37.0 Å². The van der Waals surface area contributed by atoms with Gasteiger partial charge in [0.05, 0.1) is 11.1 Å². The third-order valence-corrected chi connectivity index (χ3v) is 5.08. The minimum Gasteiger partial charge on any atom is -0.367 e. The number of primary amides is 1. The number of imide groups is 1. The molecule has 2 aliphatic heterocycles. The Morgan fingerprint density at radius 2 is 1.88 bits per heavy atom. The Kier molecular flexibility index (Phi) is 3.51. The zero-order chi connectivity index (χ0) is 18.8. The van der Waals surface area contributed by atoms with Gasteiger partial charge in [0.25, 0.3) is 17.7 Å². The first kappa shape index (κ1) is 17.4. The van der Waals surface area contributed by atoms with E-state index in [1.165, 1.54) is 25.1 Å². The fourth-order valence-corrected chi connectivity index (χ4v) is 3.36. The predicted molar refractivity (Wildman–Crippen MR) is 78.4 cm³/mol. The molecule has 0 radical (unpaired) electrons. The Balaban J connectivity index is 2.13. The topological polar surface area (TPSA) is 98.5 Å². The zero-order valence-corrected chi connectivity index (χ0v) is 13.4. The summed E-state index contributed by atoms with van der Waals surface area (Å²) in [5.74, 6) is -3.44. The largest absolute Gasteiger partial charge is 0.417 e. The van der Waals surface area contributed by atoms with Gasteiger partial charge >= 0.3 is 6.18 Å². The van der Waals surface area contributed by atoms with Crippen molar-refractivity contribution >= 4 is 17.7 Å². The molecule has 3 rings (SSSR count). The Morgan fingerprint density at radius 3 is 2.40 bits per heavy atom. The lowest BCUT2D eigenvalue weighted by Crippen LogP contribution is -2.49. The number of carbonyl (C=O) groups is 3. The van der Waals surface area contributed by atoms with Crippen molar-refractivity contribution in [1.82, 2.24) is 5.32 Å². The second-order valence-electron chi connectivity index (χ2n) is 6.55. The van der Waals surface area contributed by atoms with Crippen LogP contribution in [0.15, 0.2) is 18.2 Å². The third-order valence-electron chi connectivity index (χ3n) is 5.08. The summed E-state index contributed by atoms with van der Waals surface area (Å²) < 4.78 is 45.7. The summed E-state index contributed by atoms with van der Waals surface area (Å²) in [5, 5.41) is 2.08. The average molecular weight is 356 g/mol. The number of alkyl halides is 3. The van der Waals surface area contributed by atoms with Crippen molar-refractivity contribution in [2.45, 2.75) is 37.6 Å². The van der Waals surface area contributed by atoms with E-state index < -0.39 is 41.0 Å². The van der Waals surface area contributed by atoms with Crippen molar-refractivity contribution < 1.29 is 32.3 Å². The molecule has 6 nitrogen and oxygen atoms in total. The molecule has 3 amide bonds. The molecule has 25 heavy (non-hydrogen) atoms. The van der Waals surface area contributed by atoms with Crippen LogP contribution in [0.3, 0.4) is 0 Å². The molecule has 3 unspecified atom stereocenters. The van der Waals surface area contributed by atoms with Crippen molar-refractivity contribution in [3.63, 3.8) is 0 Å². The molecule has 134 valence electrons. The van der Waals surface area contributed by atoms with Gasteiger partial charge in [-0.25, -0.2) is 0 Å². The summed E-state index contributed by atoms with van der Waals surface area (Å²) in [6.45, 7) is 2.19. The van der Waals surface area contributed by atoms with Crippen molar-refractivity contribution in [3.8, 4) is 0 Å². The van der Waals surface area contributed by atoms with E-state index in [2.05, 4.69) is 5.32 Å². The molecule has 1 aromatic rings. The van der Waals surface area contributed by atoms with E-state index in [1.807, 2.05) is 0 Å². The van der Waals surface area contributed by atoms with Gasteiger partial charge in [0.1, 0.15) is 0 Å². The molecule has 1 fully saturated rings. The van der Waals surface area contributed by atoms with E-state index in [1.54, 1.807) is 0 Å². The van der Waals surface area contributed by atoms with E-state index >= 15 is 0 Å². The van der Waals surface area contributed by atoms with Crippen molar-refractivity contribution in [3.05, 3.63) is 34.9 Å². The monoisotopic (exact) mass is 356 g/mol. The quantitative estimate of drug-likeness (QED) is 0.787. The van der Waals surface area contributed by atoms with E-state index in [0.717, 1.165) is 6.92 Å². The van der Waals surface area contributed by atoms with Gasteiger partial charge in [0.15, 0.2) is 11.2 Å². The summed E-state index contributed by atoms with van der Waals surface area (Å²) in [4.78, 5) is 35.5. The highest BCUT2D eigenvalue weighted by Crippen LogP contribution is 2.54. The lowest BCUT2D eigenvalue weighted by atomic mass is 9.82. The van der Waals surface area contributed by atoms with Crippen LogP contribution >= 0.6 is 0 Å². The second-order valence-corrected chi connectivity index (χ2v) is 6.55. The Hall–Kier alpha value is -2.42. The summed E-state index contributed by atoms with van der Waals surface area (Å²) in [6.07, 6.45) is -5.01. The van der Waals surface area contributed by atoms with Crippen molar-refractivity contribution in [1.29, 1.82) is 0 Å². The minimum atomic E-state index is -4.71. The van der Waals surface area contributed by atoms with Gasteiger partial charge in [0.2, 0.25) is 0 Å². The minimum absolute atomic E-state index is 0.0171. The van der Waals surface area contributed by atoms with Crippen LogP contribution in [-0.4, -0.2) is 29.5 Å². The fourth-order valence-electron chi connectivity index (χ4n) is 3.36. The number of fused-ring (bicyclic) bond motifs is 1. The molecule has 3 atom stereocenters. The summed E-state index contributed by atoms with van der Waals surface area (Å²) in [6, 6.07) is 3.75. The van der Waals surface area contributed by atoms with Gasteiger partial charge in [0, 0.05) is 0 Å². The number of ether oxygens (including phenoxy) is 1. The molecule has 0 saturated carbocycles. The van der Waals surface area contributed by atoms with Crippen molar-refractivity contribution in [2.75, 3.05) is 0 Å². The molecule has 2 aliphatic rings. The maximum atomic E-state index is 13.5. The lowest BCUT2D eigenvalue weighted by molar-refractivity contribution is -0.285. The fraction of sp³-hybridized carbons (Fsp3) is 0.438. The summed E-state index contributed by atoms with van der Waals surface area (Å²) >= 11 is 0. The molecular weight excluding hydrogens is 341 g/mol. The smallest absolute Gasteiger partial charge is 0.367 e. The number of rotatable bonds is 2. The van der Waals surface area contributed by atoms with Gasteiger partial charge in [-0.15, -0.1) is 0 Å². The first-order chi connectivity index (χ1) is 11.4. The predicted octanol–water partition coefficient (Wildman–Crippen LogP) is 1.63. The third kappa shape index (κ3) is 2.25. The lowest BCUT2D eigenvalue weighted by Gasteiger charge is -2.34. The van der Waals surface area contributed by atoms with Crippen molar-refractivity contribution in [2.24, 2.45) is 11.7 Å². The standard InChI is InChI=1S/C16H15F3N2O4/c1-7-6-15(13(20)24,25-14(7,2)16(17,18)19)8-3-4-9-10(5-8)12(23)21-11(9)22/h3-5,7H,6H2,1-2H3,(H2,20,24)(H,21,22,23). The maximum Gasteiger partial charge on any atom is 0.417 e. The van der Waals surface area contributed by atoms with Crippen LogP contribution in [0.1, 0.15) is 46.5 Å². The number of hydrogen-bond donors (Lipinski definition) is 2. The molecule has 1 saturated heterocycles. The Morgan fingerprint density at radius 1 is 1.28 bits per heavy atom. The highest BCUT2D eigenvalue weighted by molar-refractivity contribution is 6.21. The number of halogens is 3. The number of nitrogens with one attached hydrogen (secondary N) is 1. The Bertz CT molecular complexity index is 807. The number of nitrogens with two attached hydrogens (primary N) is 1. The van der Waals surface area contributed by atoms with Crippen LogP contribution in [0, 0.1) is 5.92 Å². The molecular formula is C16H15F3N2O4. The van der Waals surface area contributed by atoms with Crippen LogP contribution in [-0.2, 0) is 15.1 Å². The first-order valence-corrected chi connectivity index (χ1v) is 7.49. The second kappa shape index (κ2) is 5.04. The van der Waals surface area contributed by atoms with Gasteiger partial charge in [-0.2, -0.15) is 13.2 Å². The highest BCUT2D eigenvalue weighted by atomic mass is 19.4. The van der Waals surface area contributed by atoms with Crippen LogP contribution < -0.4 is 11.1 Å². The number of benzene rings is 1. The van der Waals surface area contributed by atoms with Crippen LogP contribution in [0.4, 0.5) is 13.2 Å². The van der Waals surface area contributed by atoms with Crippen LogP contribution in [0.2, 0.25) is 0 Å². The molecule has 3 N–H and O–H groups in total. The van der Waals surface area contributed by atoms with Gasteiger partial charge in [-0.1, -0.05) is 13.0 Å². The molecule has 0 spiro atoms.